The molecule has 1 N–H and O–H groups in total. The zero-order chi connectivity index (χ0) is 14.0. The second kappa shape index (κ2) is 5.54. The van der Waals surface area contributed by atoms with Crippen molar-refractivity contribution in [2.24, 2.45) is 5.41 Å². The van der Waals surface area contributed by atoms with Crippen LogP contribution in [0.2, 0.25) is 0 Å². The van der Waals surface area contributed by atoms with E-state index in [1.807, 2.05) is 6.07 Å². The molecule has 0 aliphatic heterocycles. The lowest BCUT2D eigenvalue weighted by atomic mass is 9.69. The van der Waals surface area contributed by atoms with Gasteiger partial charge in [-0.1, -0.05) is 38.3 Å². The van der Waals surface area contributed by atoms with E-state index in [9.17, 15) is 5.11 Å². The molecule has 0 saturated heterocycles. The van der Waals surface area contributed by atoms with Crippen LogP contribution in [0.5, 0.6) is 5.75 Å². The van der Waals surface area contributed by atoms with Crippen LogP contribution >= 0.6 is 0 Å². The molecular formula is C17H26O2. The van der Waals surface area contributed by atoms with Crippen LogP contribution in [0.1, 0.15) is 61.8 Å². The average molecular weight is 262 g/mol. The first kappa shape index (κ1) is 14.4. The molecule has 1 aromatic rings. The summed E-state index contributed by atoms with van der Waals surface area (Å²) in [5.41, 5.74) is 3.29. The fourth-order valence-corrected chi connectivity index (χ4v) is 3.31. The van der Waals surface area contributed by atoms with Crippen LogP contribution in [0, 0.1) is 19.3 Å². The highest BCUT2D eigenvalue weighted by Crippen LogP contribution is 2.48. The minimum Gasteiger partial charge on any atom is -0.496 e. The van der Waals surface area contributed by atoms with E-state index in [0.717, 1.165) is 29.7 Å². The van der Waals surface area contributed by atoms with E-state index in [2.05, 4.69) is 26.8 Å². The van der Waals surface area contributed by atoms with Gasteiger partial charge in [-0.15, -0.1) is 0 Å². The first-order chi connectivity index (χ1) is 8.99. The smallest absolute Gasteiger partial charge is 0.127 e. The van der Waals surface area contributed by atoms with Crippen molar-refractivity contribution in [1.82, 2.24) is 0 Å². The molecule has 1 saturated carbocycles. The summed E-state index contributed by atoms with van der Waals surface area (Å²) in [7, 11) is 1.70. The van der Waals surface area contributed by atoms with Gasteiger partial charge in [0.05, 0.1) is 13.2 Å². The van der Waals surface area contributed by atoms with E-state index >= 15 is 0 Å². The van der Waals surface area contributed by atoms with Gasteiger partial charge in [-0.25, -0.2) is 0 Å². The molecule has 0 spiro atoms. The molecule has 19 heavy (non-hydrogen) atoms. The summed E-state index contributed by atoms with van der Waals surface area (Å²) >= 11 is 0. The molecule has 2 nitrogen and oxygen atoms in total. The van der Waals surface area contributed by atoms with Crippen LogP contribution < -0.4 is 4.74 Å². The SMILES string of the molecule is COc1c(C(O)C2(C)CCCCC2)ccc(C)c1C. The Morgan fingerprint density at radius 2 is 1.79 bits per heavy atom. The van der Waals surface area contributed by atoms with Crippen LogP contribution in [0.25, 0.3) is 0 Å². The number of hydrogen-bond acceptors (Lipinski definition) is 2. The maximum absolute atomic E-state index is 10.9. The number of aliphatic hydroxyl groups is 1. The van der Waals surface area contributed by atoms with E-state index in [1.165, 1.54) is 24.8 Å². The monoisotopic (exact) mass is 262 g/mol. The fourth-order valence-electron chi connectivity index (χ4n) is 3.31. The van der Waals surface area contributed by atoms with Crippen molar-refractivity contribution in [3.05, 3.63) is 28.8 Å². The highest BCUT2D eigenvalue weighted by molar-refractivity contribution is 5.46. The Morgan fingerprint density at radius 1 is 1.16 bits per heavy atom. The third kappa shape index (κ3) is 2.64. The highest BCUT2D eigenvalue weighted by atomic mass is 16.5. The highest BCUT2D eigenvalue weighted by Gasteiger charge is 2.36. The molecule has 1 unspecified atom stereocenters. The lowest BCUT2D eigenvalue weighted by molar-refractivity contribution is 0.00664. The number of hydrogen-bond donors (Lipinski definition) is 1. The summed E-state index contributed by atoms with van der Waals surface area (Å²) in [6.45, 7) is 6.36. The van der Waals surface area contributed by atoms with Gasteiger partial charge in [0.1, 0.15) is 5.75 Å². The van der Waals surface area contributed by atoms with E-state index in [0.29, 0.717) is 0 Å². The third-order valence-electron chi connectivity index (χ3n) is 4.86. The van der Waals surface area contributed by atoms with Gasteiger partial charge >= 0.3 is 0 Å². The second-order valence-electron chi connectivity index (χ2n) is 6.25. The molecular weight excluding hydrogens is 236 g/mol. The molecule has 1 aromatic carbocycles. The molecule has 2 heteroatoms. The molecule has 106 valence electrons. The molecule has 1 aliphatic carbocycles. The summed E-state index contributed by atoms with van der Waals surface area (Å²) in [6.07, 6.45) is 5.52. The second-order valence-corrected chi connectivity index (χ2v) is 6.25. The first-order valence-electron chi connectivity index (χ1n) is 7.32. The van der Waals surface area contributed by atoms with E-state index in [4.69, 9.17) is 4.74 Å². The van der Waals surface area contributed by atoms with Crippen molar-refractivity contribution in [2.75, 3.05) is 7.11 Å². The Kier molecular flexibility index (Phi) is 4.19. The zero-order valence-corrected chi connectivity index (χ0v) is 12.6. The van der Waals surface area contributed by atoms with Crippen LogP contribution in [-0.4, -0.2) is 12.2 Å². The minimum atomic E-state index is -0.429. The Labute approximate surface area is 116 Å². The number of benzene rings is 1. The van der Waals surface area contributed by atoms with Crippen molar-refractivity contribution >= 4 is 0 Å². The van der Waals surface area contributed by atoms with Gasteiger partial charge in [0.25, 0.3) is 0 Å². The molecule has 1 atom stereocenters. The van der Waals surface area contributed by atoms with Gasteiger partial charge in [-0.2, -0.15) is 0 Å². The quantitative estimate of drug-likeness (QED) is 0.879. The summed E-state index contributed by atoms with van der Waals surface area (Å²) in [5, 5.41) is 10.9. The molecule has 0 amide bonds. The van der Waals surface area contributed by atoms with Gasteiger partial charge in [0, 0.05) is 5.56 Å². The summed E-state index contributed by atoms with van der Waals surface area (Å²) in [5.74, 6) is 0.860. The average Bonchev–Trinajstić information content (AvgIpc) is 2.41. The Morgan fingerprint density at radius 3 is 2.37 bits per heavy atom. The molecule has 1 aliphatic rings. The minimum absolute atomic E-state index is 0.00672. The molecule has 0 heterocycles. The van der Waals surface area contributed by atoms with Crippen LogP contribution in [-0.2, 0) is 0 Å². The van der Waals surface area contributed by atoms with Gasteiger partial charge in [0.2, 0.25) is 0 Å². The normalized spacial score (nSPS) is 20.1. The van der Waals surface area contributed by atoms with Crippen molar-refractivity contribution in [2.45, 2.75) is 59.0 Å². The molecule has 0 radical (unpaired) electrons. The number of aryl methyl sites for hydroxylation is 1. The van der Waals surface area contributed by atoms with Crippen molar-refractivity contribution in [3.8, 4) is 5.75 Å². The maximum atomic E-state index is 10.9. The van der Waals surface area contributed by atoms with Crippen LogP contribution in [0.15, 0.2) is 12.1 Å². The Balaban J connectivity index is 2.38. The van der Waals surface area contributed by atoms with Crippen LogP contribution in [0.4, 0.5) is 0 Å². The lowest BCUT2D eigenvalue weighted by Crippen LogP contribution is -2.28. The van der Waals surface area contributed by atoms with Gasteiger partial charge in [-0.3, -0.25) is 0 Å². The number of rotatable bonds is 3. The summed E-state index contributed by atoms with van der Waals surface area (Å²) < 4.78 is 5.55. The first-order valence-corrected chi connectivity index (χ1v) is 7.32. The van der Waals surface area contributed by atoms with E-state index in [-0.39, 0.29) is 5.41 Å². The van der Waals surface area contributed by atoms with Gasteiger partial charge in [0.15, 0.2) is 0 Å². The molecule has 0 bridgehead atoms. The predicted molar refractivity (Wildman–Crippen MR) is 78.6 cm³/mol. The number of ether oxygens (including phenoxy) is 1. The predicted octanol–water partition coefficient (Wildman–Crippen LogP) is 4.32. The van der Waals surface area contributed by atoms with Gasteiger partial charge < -0.3 is 9.84 Å². The van der Waals surface area contributed by atoms with Crippen molar-refractivity contribution < 1.29 is 9.84 Å². The molecule has 1 fully saturated rings. The maximum Gasteiger partial charge on any atom is 0.127 e. The molecule has 2 rings (SSSR count). The summed E-state index contributed by atoms with van der Waals surface area (Å²) in [6, 6.07) is 4.12. The Bertz CT molecular complexity index is 445. The topological polar surface area (TPSA) is 29.5 Å². The van der Waals surface area contributed by atoms with E-state index in [1.54, 1.807) is 7.11 Å². The standard InChI is InChI=1S/C17H26O2/c1-12-8-9-14(15(19-4)13(12)2)16(18)17(3)10-6-5-7-11-17/h8-9,16,18H,5-7,10-11H2,1-4H3. The largest absolute Gasteiger partial charge is 0.496 e. The summed E-state index contributed by atoms with van der Waals surface area (Å²) in [4.78, 5) is 0. The van der Waals surface area contributed by atoms with Crippen molar-refractivity contribution in [3.63, 3.8) is 0 Å². The lowest BCUT2D eigenvalue weighted by Gasteiger charge is -2.38. The van der Waals surface area contributed by atoms with Gasteiger partial charge in [-0.05, 0) is 43.2 Å². The van der Waals surface area contributed by atoms with Crippen LogP contribution in [0.3, 0.4) is 0 Å². The third-order valence-corrected chi connectivity index (χ3v) is 4.86. The fraction of sp³-hybridized carbons (Fsp3) is 0.647. The zero-order valence-electron chi connectivity index (χ0n) is 12.6. The Hall–Kier alpha value is -1.02. The number of aliphatic hydroxyl groups excluding tert-OH is 1. The number of methoxy groups -OCH3 is 1. The van der Waals surface area contributed by atoms with E-state index < -0.39 is 6.10 Å². The van der Waals surface area contributed by atoms with Crippen molar-refractivity contribution in [1.29, 1.82) is 0 Å². The molecule has 0 aromatic heterocycles.